The van der Waals surface area contributed by atoms with Crippen molar-refractivity contribution < 1.29 is 4.52 Å². The van der Waals surface area contributed by atoms with Crippen LogP contribution in [0.25, 0.3) is 0 Å². The molecule has 0 saturated heterocycles. The lowest BCUT2D eigenvalue weighted by atomic mass is 9.77. The van der Waals surface area contributed by atoms with Gasteiger partial charge in [0.25, 0.3) is 0 Å². The normalized spacial score (nSPS) is 26.7. The Morgan fingerprint density at radius 1 is 1.40 bits per heavy atom. The molecule has 0 radical (unpaired) electrons. The van der Waals surface area contributed by atoms with Gasteiger partial charge < -0.3 is 5.73 Å². The number of nitrogens with one attached hydrogen (secondary N) is 1. The van der Waals surface area contributed by atoms with Crippen molar-refractivity contribution >= 4 is 0 Å². The van der Waals surface area contributed by atoms with Gasteiger partial charge in [-0.15, -0.1) is 0 Å². The van der Waals surface area contributed by atoms with Crippen molar-refractivity contribution in [3.8, 4) is 0 Å². The molecular formula is C10H17N3O2. The van der Waals surface area contributed by atoms with Crippen LogP contribution in [0.2, 0.25) is 0 Å². The van der Waals surface area contributed by atoms with E-state index in [0.717, 1.165) is 13.0 Å². The summed E-state index contributed by atoms with van der Waals surface area (Å²) in [6.45, 7) is 0.729. The molecule has 15 heavy (non-hydrogen) atoms. The number of hydrogen-bond donors (Lipinski definition) is 2. The Bertz CT molecular complexity index is 358. The topological polar surface area (TPSA) is 84.9 Å². The smallest absolute Gasteiger partial charge is 0.330 e. The second-order valence-corrected chi connectivity index (χ2v) is 4.29. The summed E-state index contributed by atoms with van der Waals surface area (Å²) in [5, 5.41) is 3.69. The SMILES string of the molecule is NC[C@H]1CCCC[C@H]1Cc1noc(=O)[nH]1. The highest BCUT2D eigenvalue weighted by atomic mass is 16.5. The molecule has 1 aliphatic carbocycles. The first-order valence-corrected chi connectivity index (χ1v) is 5.54. The molecule has 0 amide bonds. The summed E-state index contributed by atoms with van der Waals surface area (Å²) in [5.41, 5.74) is 5.74. The van der Waals surface area contributed by atoms with Gasteiger partial charge in [0.2, 0.25) is 0 Å². The van der Waals surface area contributed by atoms with E-state index in [0.29, 0.717) is 17.7 Å². The van der Waals surface area contributed by atoms with Gasteiger partial charge >= 0.3 is 5.76 Å². The van der Waals surface area contributed by atoms with Gasteiger partial charge in [0.05, 0.1) is 0 Å². The van der Waals surface area contributed by atoms with E-state index in [1.807, 2.05) is 0 Å². The van der Waals surface area contributed by atoms with E-state index < -0.39 is 5.76 Å². The van der Waals surface area contributed by atoms with Crippen LogP contribution in [0.5, 0.6) is 0 Å². The van der Waals surface area contributed by atoms with Crippen molar-refractivity contribution in [2.75, 3.05) is 6.54 Å². The minimum atomic E-state index is -0.467. The molecule has 1 aromatic rings. The zero-order chi connectivity index (χ0) is 10.7. The van der Waals surface area contributed by atoms with E-state index >= 15 is 0 Å². The van der Waals surface area contributed by atoms with Crippen molar-refractivity contribution in [1.82, 2.24) is 10.1 Å². The van der Waals surface area contributed by atoms with E-state index in [1.165, 1.54) is 25.7 Å². The number of aromatic amines is 1. The minimum Gasteiger partial charge on any atom is -0.330 e. The summed E-state index contributed by atoms with van der Waals surface area (Å²) >= 11 is 0. The van der Waals surface area contributed by atoms with Gasteiger partial charge in [-0.1, -0.05) is 18.0 Å². The third-order valence-electron chi connectivity index (χ3n) is 3.31. The summed E-state index contributed by atoms with van der Waals surface area (Å²) in [6.07, 6.45) is 5.69. The Hall–Kier alpha value is -1.10. The van der Waals surface area contributed by atoms with Crippen LogP contribution < -0.4 is 11.5 Å². The number of hydrogen-bond acceptors (Lipinski definition) is 4. The molecule has 1 aliphatic rings. The fourth-order valence-corrected chi connectivity index (χ4v) is 2.46. The van der Waals surface area contributed by atoms with Gasteiger partial charge in [0, 0.05) is 6.42 Å². The van der Waals surface area contributed by atoms with Crippen molar-refractivity contribution in [3.63, 3.8) is 0 Å². The van der Waals surface area contributed by atoms with E-state index in [2.05, 4.69) is 14.7 Å². The molecule has 1 aromatic heterocycles. The Balaban J connectivity index is 2.00. The first-order valence-electron chi connectivity index (χ1n) is 5.54. The number of nitrogens with two attached hydrogens (primary N) is 1. The molecule has 2 atom stereocenters. The standard InChI is InChI=1S/C10H17N3O2/c11-6-8-4-2-1-3-7(8)5-9-12-10(14)15-13-9/h7-8H,1-6,11H2,(H,12,13,14)/t7-,8+/m0/s1. The van der Waals surface area contributed by atoms with E-state index in [-0.39, 0.29) is 0 Å². The molecule has 0 unspecified atom stereocenters. The fourth-order valence-electron chi connectivity index (χ4n) is 2.46. The molecule has 2 rings (SSSR count). The van der Waals surface area contributed by atoms with Crippen LogP contribution in [0, 0.1) is 11.8 Å². The Kier molecular flexibility index (Phi) is 3.20. The molecule has 1 heterocycles. The fraction of sp³-hybridized carbons (Fsp3) is 0.800. The van der Waals surface area contributed by atoms with Gasteiger partial charge in [-0.3, -0.25) is 9.51 Å². The van der Waals surface area contributed by atoms with Crippen molar-refractivity contribution in [1.29, 1.82) is 0 Å². The Labute approximate surface area is 88.0 Å². The molecule has 3 N–H and O–H groups in total. The van der Waals surface area contributed by atoms with E-state index in [1.54, 1.807) is 0 Å². The van der Waals surface area contributed by atoms with Gasteiger partial charge in [-0.05, 0) is 31.2 Å². The molecule has 1 fully saturated rings. The molecule has 5 nitrogen and oxygen atoms in total. The third kappa shape index (κ3) is 2.47. The van der Waals surface area contributed by atoms with Crippen LogP contribution >= 0.6 is 0 Å². The molecule has 0 bridgehead atoms. The van der Waals surface area contributed by atoms with E-state index in [9.17, 15) is 4.79 Å². The van der Waals surface area contributed by atoms with Gasteiger partial charge in [-0.25, -0.2) is 4.79 Å². The predicted molar refractivity (Wildman–Crippen MR) is 55.3 cm³/mol. The lowest BCUT2D eigenvalue weighted by Gasteiger charge is -2.29. The number of H-pyrrole nitrogens is 1. The molecule has 84 valence electrons. The zero-order valence-electron chi connectivity index (χ0n) is 8.74. The lowest BCUT2D eigenvalue weighted by molar-refractivity contribution is 0.237. The number of nitrogens with zero attached hydrogens (tertiary/aromatic N) is 1. The maximum absolute atomic E-state index is 10.8. The average Bonchev–Trinajstić information content (AvgIpc) is 2.65. The van der Waals surface area contributed by atoms with Crippen molar-refractivity contribution in [2.24, 2.45) is 17.6 Å². The predicted octanol–water partition coefficient (Wildman–Crippen LogP) is 0.671. The zero-order valence-corrected chi connectivity index (χ0v) is 8.74. The first-order chi connectivity index (χ1) is 7.29. The molecule has 0 spiro atoms. The van der Waals surface area contributed by atoms with Crippen molar-refractivity contribution in [2.45, 2.75) is 32.1 Å². The van der Waals surface area contributed by atoms with Crippen LogP contribution in [0.4, 0.5) is 0 Å². The largest absolute Gasteiger partial charge is 0.438 e. The monoisotopic (exact) mass is 211 g/mol. The van der Waals surface area contributed by atoms with Gasteiger partial charge in [-0.2, -0.15) is 0 Å². The summed E-state index contributed by atoms with van der Waals surface area (Å²) in [5.74, 6) is 1.30. The molecule has 5 heteroatoms. The quantitative estimate of drug-likeness (QED) is 0.769. The maximum Gasteiger partial charge on any atom is 0.438 e. The summed E-state index contributed by atoms with van der Waals surface area (Å²) in [6, 6.07) is 0. The Morgan fingerprint density at radius 3 is 2.73 bits per heavy atom. The van der Waals surface area contributed by atoms with Crippen LogP contribution in [0.1, 0.15) is 31.5 Å². The second-order valence-electron chi connectivity index (χ2n) is 4.29. The maximum atomic E-state index is 10.8. The third-order valence-corrected chi connectivity index (χ3v) is 3.31. The molecular weight excluding hydrogens is 194 g/mol. The molecule has 1 saturated carbocycles. The van der Waals surface area contributed by atoms with Crippen LogP contribution in [0.3, 0.4) is 0 Å². The second kappa shape index (κ2) is 4.61. The lowest BCUT2D eigenvalue weighted by Crippen LogP contribution is -2.28. The highest BCUT2D eigenvalue weighted by molar-refractivity contribution is 4.87. The average molecular weight is 211 g/mol. The molecule has 0 aliphatic heterocycles. The van der Waals surface area contributed by atoms with Gasteiger partial charge in [0.15, 0.2) is 5.82 Å². The Morgan fingerprint density at radius 2 is 2.13 bits per heavy atom. The summed E-state index contributed by atoms with van der Waals surface area (Å²) in [4.78, 5) is 13.4. The van der Waals surface area contributed by atoms with Crippen LogP contribution in [-0.2, 0) is 6.42 Å². The molecule has 0 aromatic carbocycles. The summed E-state index contributed by atoms with van der Waals surface area (Å²) in [7, 11) is 0. The first kappa shape index (κ1) is 10.4. The highest BCUT2D eigenvalue weighted by Crippen LogP contribution is 2.30. The number of aromatic nitrogens is 2. The minimum absolute atomic E-state index is 0.467. The van der Waals surface area contributed by atoms with Gasteiger partial charge in [0.1, 0.15) is 0 Å². The summed E-state index contributed by atoms with van der Waals surface area (Å²) < 4.78 is 4.48. The van der Waals surface area contributed by atoms with Crippen LogP contribution in [0.15, 0.2) is 9.32 Å². The number of rotatable bonds is 3. The van der Waals surface area contributed by atoms with Crippen LogP contribution in [-0.4, -0.2) is 16.7 Å². The highest BCUT2D eigenvalue weighted by Gasteiger charge is 2.25. The van der Waals surface area contributed by atoms with Crippen molar-refractivity contribution in [3.05, 3.63) is 16.4 Å². The van der Waals surface area contributed by atoms with E-state index in [4.69, 9.17) is 5.73 Å².